The Morgan fingerprint density at radius 2 is 1.82 bits per heavy atom. The number of carbonyl (C=O) groups is 2. The second-order valence-electron chi connectivity index (χ2n) is 8.28. The van der Waals surface area contributed by atoms with Crippen molar-refractivity contribution in [2.45, 2.75) is 17.7 Å². The van der Waals surface area contributed by atoms with E-state index in [4.69, 9.17) is 4.74 Å². The van der Waals surface area contributed by atoms with Crippen molar-refractivity contribution in [2.75, 3.05) is 68.5 Å². The molecule has 33 heavy (non-hydrogen) atoms. The molecular formula is C25H32N4O3S. The zero-order valence-electron chi connectivity index (χ0n) is 19.2. The van der Waals surface area contributed by atoms with Crippen molar-refractivity contribution in [3.8, 4) is 5.75 Å². The van der Waals surface area contributed by atoms with Gasteiger partial charge in [0.25, 0.3) is 0 Å². The lowest BCUT2D eigenvalue weighted by atomic mass is 10.2. The molecule has 0 atom stereocenters. The first kappa shape index (κ1) is 23.4. The van der Waals surface area contributed by atoms with Gasteiger partial charge in [-0.05, 0) is 49.4 Å². The van der Waals surface area contributed by atoms with Gasteiger partial charge in [0, 0.05) is 55.5 Å². The molecule has 2 amide bonds. The fraction of sp³-hybridized carbons (Fsp3) is 0.440. The number of amides is 2. The van der Waals surface area contributed by atoms with Crippen LogP contribution in [0, 0.1) is 0 Å². The Morgan fingerprint density at radius 3 is 2.58 bits per heavy atom. The number of anilines is 2. The lowest BCUT2D eigenvalue weighted by molar-refractivity contribution is -0.123. The second kappa shape index (κ2) is 11.4. The number of ether oxygens (including phenoxy) is 1. The van der Waals surface area contributed by atoms with Crippen LogP contribution < -0.4 is 19.9 Å². The third-order valence-corrected chi connectivity index (χ3v) is 7.18. The molecule has 0 radical (unpaired) electrons. The summed E-state index contributed by atoms with van der Waals surface area (Å²) < 4.78 is 5.24. The molecule has 176 valence electrons. The number of methoxy groups -OCH3 is 1. The highest BCUT2D eigenvalue weighted by Crippen LogP contribution is 2.33. The number of rotatable bonds is 8. The molecule has 7 nitrogen and oxygen atoms in total. The van der Waals surface area contributed by atoms with E-state index in [0.717, 1.165) is 61.2 Å². The van der Waals surface area contributed by atoms with Gasteiger partial charge in [0.15, 0.2) is 0 Å². The SMILES string of the molecule is COc1ccc(N2CCN(CCCNC(=O)CN3C(=O)CCSc4ccccc43)CC2)cc1. The van der Waals surface area contributed by atoms with Gasteiger partial charge in [0.1, 0.15) is 12.3 Å². The van der Waals surface area contributed by atoms with E-state index in [-0.39, 0.29) is 18.4 Å². The van der Waals surface area contributed by atoms with E-state index in [1.54, 1.807) is 23.8 Å². The number of piperazine rings is 1. The minimum Gasteiger partial charge on any atom is -0.497 e. The van der Waals surface area contributed by atoms with Crippen molar-refractivity contribution in [2.24, 2.45) is 0 Å². The van der Waals surface area contributed by atoms with E-state index in [0.29, 0.717) is 13.0 Å². The number of para-hydroxylation sites is 1. The van der Waals surface area contributed by atoms with Crippen LogP contribution in [0.25, 0.3) is 0 Å². The first-order valence-electron chi connectivity index (χ1n) is 11.5. The summed E-state index contributed by atoms with van der Waals surface area (Å²) in [6, 6.07) is 16.0. The molecule has 1 saturated heterocycles. The fourth-order valence-electron chi connectivity index (χ4n) is 4.25. The zero-order chi connectivity index (χ0) is 23.0. The summed E-state index contributed by atoms with van der Waals surface area (Å²) in [6.45, 7) is 5.67. The largest absolute Gasteiger partial charge is 0.497 e. The van der Waals surface area contributed by atoms with Gasteiger partial charge < -0.3 is 19.9 Å². The van der Waals surface area contributed by atoms with E-state index in [9.17, 15) is 9.59 Å². The Hall–Kier alpha value is -2.71. The molecule has 1 fully saturated rings. The van der Waals surface area contributed by atoms with Crippen LogP contribution in [-0.4, -0.2) is 75.4 Å². The Kier molecular flexibility index (Phi) is 8.12. The maximum absolute atomic E-state index is 12.5. The number of fused-ring (bicyclic) bond motifs is 1. The Bertz CT molecular complexity index is 945. The molecule has 2 aromatic rings. The predicted molar refractivity (Wildman–Crippen MR) is 133 cm³/mol. The predicted octanol–water partition coefficient (Wildman–Crippen LogP) is 2.85. The molecule has 2 aromatic carbocycles. The molecule has 0 aliphatic carbocycles. The van der Waals surface area contributed by atoms with Gasteiger partial charge in [-0.3, -0.25) is 14.5 Å². The summed E-state index contributed by atoms with van der Waals surface area (Å²) in [4.78, 5) is 32.6. The average molecular weight is 469 g/mol. The van der Waals surface area contributed by atoms with Gasteiger partial charge in [0.2, 0.25) is 11.8 Å². The minimum absolute atomic E-state index is 0.0114. The molecule has 0 unspecified atom stereocenters. The highest BCUT2D eigenvalue weighted by molar-refractivity contribution is 7.99. The van der Waals surface area contributed by atoms with Gasteiger partial charge in [0.05, 0.1) is 12.8 Å². The lowest BCUT2D eigenvalue weighted by Gasteiger charge is -2.36. The summed E-state index contributed by atoms with van der Waals surface area (Å²) in [6.07, 6.45) is 1.35. The first-order chi connectivity index (χ1) is 16.1. The molecule has 2 aliphatic rings. The van der Waals surface area contributed by atoms with Crippen molar-refractivity contribution in [1.82, 2.24) is 10.2 Å². The first-order valence-corrected chi connectivity index (χ1v) is 12.5. The average Bonchev–Trinajstić information content (AvgIpc) is 3.01. The number of hydrogen-bond donors (Lipinski definition) is 1. The second-order valence-corrected chi connectivity index (χ2v) is 9.41. The third kappa shape index (κ3) is 6.21. The minimum atomic E-state index is -0.102. The maximum Gasteiger partial charge on any atom is 0.240 e. The number of carbonyl (C=O) groups excluding carboxylic acids is 2. The number of thioether (sulfide) groups is 1. The van der Waals surface area contributed by atoms with Gasteiger partial charge in [-0.2, -0.15) is 0 Å². The summed E-state index contributed by atoms with van der Waals surface area (Å²) in [7, 11) is 1.68. The zero-order valence-corrected chi connectivity index (χ0v) is 20.0. The molecule has 1 N–H and O–H groups in total. The smallest absolute Gasteiger partial charge is 0.240 e. The standard InChI is InChI=1S/C25H32N4O3S/c1-32-21-9-7-20(8-10-21)28-16-14-27(15-17-28)13-4-12-26-24(30)19-29-22-5-2-3-6-23(22)33-18-11-25(29)31/h2-3,5-10H,4,11-19H2,1H3,(H,26,30). The number of nitrogens with zero attached hydrogens (tertiary/aromatic N) is 3. The van der Waals surface area contributed by atoms with Crippen LogP contribution in [0.4, 0.5) is 11.4 Å². The summed E-state index contributed by atoms with van der Waals surface area (Å²) >= 11 is 1.67. The monoisotopic (exact) mass is 468 g/mol. The normalized spacial score (nSPS) is 16.8. The summed E-state index contributed by atoms with van der Waals surface area (Å²) in [5.74, 6) is 1.54. The Morgan fingerprint density at radius 1 is 1.06 bits per heavy atom. The molecule has 0 aromatic heterocycles. The molecule has 0 bridgehead atoms. The van der Waals surface area contributed by atoms with E-state index >= 15 is 0 Å². The molecule has 2 aliphatic heterocycles. The van der Waals surface area contributed by atoms with Crippen molar-refractivity contribution in [3.05, 3.63) is 48.5 Å². The van der Waals surface area contributed by atoms with Gasteiger partial charge in [-0.1, -0.05) is 12.1 Å². The van der Waals surface area contributed by atoms with Crippen LogP contribution in [0.2, 0.25) is 0 Å². The maximum atomic E-state index is 12.5. The van der Waals surface area contributed by atoms with Crippen molar-refractivity contribution >= 4 is 35.0 Å². The van der Waals surface area contributed by atoms with Crippen LogP contribution in [-0.2, 0) is 9.59 Å². The van der Waals surface area contributed by atoms with Crippen LogP contribution in [0.5, 0.6) is 5.75 Å². The summed E-state index contributed by atoms with van der Waals surface area (Å²) in [5.41, 5.74) is 2.07. The van der Waals surface area contributed by atoms with Crippen molar-refractivity contribution in [1.29, 1.82) is 0 Å². The summed E-state index contributed by atoms with van der Waals surface area (Å²) in [5, 5.41) is 3.00. The van der Waals surface area contributed by atoms with Crippen LogP contribution in [0.1, 0.15) is 12.8 Å². The van der Waals surface area contributed by atoms with Gasteiger partial charge >= 0.3 is 0 Å². The van der Waals surface area contributed by atoms with Crippen molar-refractivity contribution < 1.29 is 14.3 Å². The lowest BCUT2D eigenvalue weighted by Crippen LogP contribution is -2.47. The number of benzene rings is 2. The number of hydrogen-bond acceptors (Lipinski definition) is 6. The fourth-order valence-corrected chi connectivity index (χ4v) is 5.24. The Balaban J connectivity index is 1.17. The van der Waals surface area contributed by atoms with Crippen molar-refractivity contribution in [3.63, 3.8) is 0 Å². The molecule has 8 heteroatoms. The number of nitrogens with one attached hydrogen (secondary N) is 1. The Labute approximate surface area is 200 Å². The third-order valence-electron chi connectivity index (χ3n) is 6.12. The van der Waals surface area contributed by atoms with Crippen LogP contribution in [0.3, 0.4) is 0 Å². The van der Waals surface area contributed by atoms with Gasteiger partial charge in [-0.15, -0.1) is 11.8 Å². The van der Waals surface area contributed by atoms with Gasteiger partial charge in [-0.25, -0.2) is 0 Å². The topological polar surface area (TPSA) is 65.1 Å². The van der Waals surface area contributed by atoms with E-state index in [1.807, 2.05) is 36.4 Å². The molecule has 2 heterocycles. The molecule has 4 rings (SSSR count). The highest BCUT2D eigenvalue weighted by atomic mass is 32.2. The molecule has 0 saturated carbocycles. The molecule has 0 spiro atoms. The van der Waals surface area contributed by atoms with Crippen LogP contribution >= 0.6 is 11.8 Å². The van der Waals surface area contributed by atoms with E-state index < -0.39 is 0 Å². The van der Waals surface area contributed by atoms with Crippen LogP contribution in [0.15, 0.2) is 53.4 Å². The van der Waals surface area contributed by atoms with E-state index in [1.165, 1.54) is 5.69 Å². The quantitative estimate of drug-likeness (QED) is 0.601. The highest BCUT2D eigenvalue weighted by Gasteiger charge is 2.24. The molecular weight excluding hydrogens is 436 g/mol. The van der Waals surface area contributed by atoms with E-state index in [2.05, 4.69) is 27.2 Å².